The molecule has 0 spiro atoms. The first-order valence-electron chi connectivity index (χ1n) is 12.5. The van der Waals surface area contributed by atoms with Crippen molar-refractivity contribution in [2.45, 2.75) is 142 Å². The van der Waals surface area contributed by atoms with E-state index in [4.69, 9.17) is 0 Å². The van der Waals surface area contributed by atoms with E-state index in [0.717, 1.165) is 11.8 Å². The molecule has 0 N–H and O–H groups in total. The van der Waals surface area contributed by atoms with Gasteiger partial charge in [0.05, 0.1) is 0 Å². The molecule has 1 atom stereocenters. The van der Waals surface area contributed by atoms with Gasteiger partial charge in [0.1, 0.15) is 0 Å². The third-order valence-corrected chi connectivity index (χ3v) is 6.69. The largest absolute Gasteiger partial charge is 0.0885 e. The fourth-order valence-electron chi connectivity index (χ4n) is 4.85. The Morgan fingerprint density at radius 3 is 1.77 bits per heavy atom. The maximum Gasteiger partial charge on any atom is -0.0348 e. The normalized spacial score (nSPS) is 17.2. The lowest BCUT2D eigenvalue weighted by atomic mass is 9.77. The van der Waals surface area contributed by atoms with Gasteiger partial charge in [0.25, 0.3) is 0 Å². The molecule has 0 radical (unpaired) electrons. The lowest BCUT2D eigenvalue weighted by molar-refractivity contribution is 0.231. The van der Waals surface area contributed by atoms with E-state index in [2.05, 4.69) is 26.0 Å². The fraction of sp³-hybridized carbons (Fsp3) is 0.923. The Morgan fingerprint density at radius 2 is 1.19 bits per heavy atom. The van der Waals surface area contributed by atoms with Gasteiger partial charge in [-0.2, -0.15) is 0 Å². The van der Waals surface area contributed by atoms with Gasteiger partial charge in [0, 0.05) is 0 Å². The first-order chi connectivity index (χ1) is 12.9. The van der Waals surface area contributed by atoms with Crippen molar-refractivity contribution in [3.05, 3.63) is 12.2 Å². The number of hydrogen-bond donors (Lipinski definition) is 0. The second kappa shape index (κ2) is 18.1. The fourth-order valence-corrected chi connectivity index (χ4v) is 4.85. The molecule has 1 saturated carbocycles. The number of unbranched alkanes of at least 4 members (excludes halogenated alkanes) is 11. The van der Waals surface area contributed by atoms with Crippen LogP contribution in [0.3, 0.4) is 0 Å². The third-order valence-electron chi connectivity index (χ3n) is 6.69. The molecule has 0 aromatic carbocycles. The summed E-state index contributed by atoms with van der Waals surface area (Å²) in [7, 11) is 0. The van der Waals surface area contributed by atoms with Crippen LogP contribution in [0.5, 0.6) is 0 Å². The SMILES string of the molecule is CCCCCCCCCCCCCC=CCCC(CC)C1CCCCC1. The maximum atomic E-state index is 2.49. The summed E-state index contributed by atoms with van der Waals surface area (Å²) in [4.78, 5) is 0. The zero-order chi connectivity index (χ0) is 18.7. The van der Waals surface area contributed by atoms with Crippen LogP contribution < -0.4 is 0 Å². The van der Waals surface area contributed by atoms with Crippen LogP contribution in [0.15, 0.2) is 12.2 Å². The quantitative estimate of drug-likeness (QED) is 0.178. The van der Waals surface area contributed by atoms with Gasteiger partial charge in [0.2, 0.25) is 0 Å². The number of hydrogen-bond acceptors (Lipinski definition) is 0. The second-order valence-electron chi connectivity index (χ2n) is 8.94. The standard InChI is InChI=1S/C26H50/c1-3-5-6-7-8-9-10-11-12-13-14-15-16-17-19-22-25(4-2)26-23-20-18-21-24-26/h16-17,25-26H,3-15,18-24H2,1-2H3. The van der Waals surface area contributed by atoms with Crippen molar-refractivity contribution >= 4 is 0 Å². The molecule has 0 heteroatoms. The summed E-state index contributed by atoms with van der Waals surface area (Å²) in [6, 6.07) is 0. The molecule has 1 aliphatic carbocycles. The molecular formula is C26H50. The van der Waals surface area contributed by atoms with Crippen LogP contribution in [0, 0.1) is 11.8 Å². The average Bonchev–Trinajstić information content (AvgIpc) is 2.68. The van der Waals surface area contributed by atoms with Gasteiger partial charge in [0.15, 0.2) is 0 Å². The van der Waals surface area contributed by atoms with Gasteiger partial charge in [-0.15, -0.1) is 0 Å². The molecule has 0 aliphatic heterocycles. The number of allylic oxidation sites excluding steroid dienone is 2. The molecule has 0 nitrogen and oxygen atoms in total. The highest BCUT2D eigenvalue weighted by atomic mass is 14.3. The molecule has 1 aliphatic rings. The molecule has 0 bridgehead atoms. The molecule has 0 saturated heterocycles. The zero-order valence-electron chi connectivity index (χ0n) is 18.5. The molecule has 1 fully saturated rings. The van der Waals surface area contributed by atoms with E-state index in [9.17, 15) is 0 Å². The van der Waals surface area contributed by atoms with Gasteiger partial charge in [-0.05, 0) is 37.5 Å². The maximum absolute atomic E-state index is 2.49. The summed E-state index contributed by atoms with van der Waals surface area (Å²) < 4.78 is 0. The van der Waals surface area contributed by atoms with E-state index in [1.54, 1.807) is 0 Å². The van der Waals surface area contributed by atoms with Crippen LogP contribution in [0.4, 0.5) is 0 Å². The molecule has 0 heterocycles. The first-order valence-corrected chi connectivity index (χ1v) is 12.5. The van der Waals surface area contributed by atoms with Crippen LogP contribution in [-0.4, -0.2) is 0 Å². The Labute approximate surface area is 166 Å². The van der Waals surface area contributed by atoms with Crippen LogP contribution in [0.25, 0.3) is 0 Å². The smallest absolute Gasteiger partial charge is 0.0348 e. The van der Waals surface area contributed by atoms with E-state index in [1.165, 1.54) is 128 Å². The van der Waals surface area contributed by atoms with Crippen LogP contribution >= 0.6 is 0 Å². The molecule has 0 amide bonds. The summed E-state index contributed by atoms with van der Waals surface area (Å²) in [6.45, 7) is 4.71. The molecule has 0 aromatic heterocycles. The van der Waals surface area contributed by atoms with E-state index >= 15 is 0 Å². The molecule has 154 valence electrons. The van der Waals surface area contributed by atoms with Gasteiger partial charge < -0.3 is 0 Å². The van der Waals surface area contributed by atoms with Crippen molar-refractivity contribution in [1.82, 2.24) is 0 Å². The van der Waals surface area contributed by atoms with Crippen molar-refractivity contribution < 1.29 is 0 Å². The lowest BCUT2D eigenvalue weighted by Crippen LogP contribution is -2.17. The van der Waals surface area contributed by atoms with Crippen LogP contribution in [0.1, 0.15) is 142 Å². The van der Waals surface area contributed by atoms with E-state index in [1.807, 2.05) is 0 Å². The predicted molar refractivity (Wildman–Crippen MR) is 120 cm³/mol. The monoisotopic (exact) mass is 362 g/mol. The topological polar surface area (TPSA) is 0 Å². The highest BCUT2D eigenvalue weighted by Crippen LogP contribution is 2.34. The Kier molecular flexibility index (Phi) is 16.6. The van der Waals surface area contributed by atoms with Gasteiger partial charge in [-0.1, -0.05) is 129 Å². The average molecular weight is 363 g/mol. The summed E-state index contributed by atoms with van der Waals surface area (Å²) in [5, 5.41) is 0. The summed E-state index contributed by atoms with van der Waals surface area (Å²) >= 11 is 0. The predicted octanol–water partition coefficient (Wildman–Crippen LogP) is 9.63. The van der Waals surface area contributed by atoms with Gasteiger partial charge in [-0.3, -0.25) is 0 Å². The van der Waals surface area contributed by atoms with Crippen molar-refractivity contribution in [3.8, 4) is 0 Å². The van der Waals surface area contributed by atoms with Crippen molar-refractivity contribution in [3.63, 3.8) is 0 Å². The molecule has 1 unspecified atom stereocenters. The van der Waals surface area contributed by atoms with E-state index in [0.29, 0.717) is 0 Å². The van der Waals surface area contributed by atoms with E-state index in [-0.39, 0.29) is 0 Å². The van der Waals surface area contributed by atoms with E-state index < -0.39 is 0 Å². The van der Waals surface area contributed by atoms with Gasteiger partial charge in [-0.25, -0.2) is 0 Å². The van der Waals surface area contributed by atoms with Crippen molar-refractivity contribution in [2.24, 2.45) is 11.8 Å². The minimum absolute atomic E-state index is 1.00. The highest BCUT2D eigenvalue weighted by molar-refractivity contribution is 4.83. The highest BCUT2D eigenvalue weighted by Gasteiger charge is 2.21. The minimum atomic E-state index is 1.00. The second-order valence-corrected chi connectivity index (χ2v) is 8.94. The Balaban J connectivity index is 1.85. The molecule has 0 aromatic rings. The Morgan fingerprint density at radius 1 is 0.654 bits per heavy atom. The lowest BCUT2D eigenvalue weighted by Gasteiger charge is -2.29. The van der Waals surface area contributed by atoms with Crippen molar-refractivity contribution in [2.75, 3.05) is 0 Å². The minimum Gasteiger partial charge on any atom is -0.0885 e. The van der Waals surface area contributed by atoms with Gasteiger partial charge >= 0.3 is 0 Å². The summed E-state index contributed by atoms with van der Waals surface area (Å²) in [6.07, 6.45) is 33.9. The Hall–Kier alpha value is -0.260. The third kappa shape index (κ3) is 13.0. The summed E-state index contributed by atoms with van der Waals surface area (Å²) in [5.74, 6) is 2.05. The molecular weight excluding hydrogens is 312 g/mol. The van der Waals surface area contributed by atoms with Crippen LogP contribution in [-0.2, 0) is 0 Å². The van der Waals surface area contributed by atoms with Crippen LogP contribution in [0.2, 0.25) is 0 Å². The zero-order valence-corrected chi connectivity index (χ0v) is 18.5. The van der Waals surface area contributed by atoms with Crippen molar-refractivity contribution in [1.29, 1.82) is 0 Å². The summed E-state index contributed by atoms with van der Waals surface area (Å²) in [5.41, 5.74) is 0. The number of rotatable bonds is 17. The first kappa shape index (κ1) is 23.8. The molecule has 26 heavy (non-hydrogen) atoms. The molecule has 1 rings (SSSR count). The Bertz CT molecular complexity index is 297.